The van der Waals surface area contributed by atoms with Gasteiger partial charge in [0, 0.05) is 43.5 Å². The molecule has 3 N–H and O–H groups in total. The fraction of sp³-hybridized carbons (Fsp3) is 0.346. The van der Waals surface area contributed by atoms with Crippen LogP contribution in [0.25, 0.3) is 22.3 Å². The molecule has 2 amide bonds. The van der Waals surface area contributed by atoms with Crippen molar-refractivity contribution in [2.24, 2.45) is 12.5 Å². The van der Waals surface area contributed by atoms with E-state index in [1.807, 2.05) is 26.2 Å². The van der Waals surface area contributed by atoms with Gasteiger partial charge >= 0.3 is 0 Å². The maximum absolute atomic E-state index is 13.0. The summed E-state index contributed by atoms with van der Waals surface area (Å²) in [5, 5.41) is 11.0. The summed E-state index contributed by atoms with van der Waals surface area (Å²) in [6, 6.07) is 5.49. The first kappa shape index (κ1) is 23.7. The third kappa shape index (κ3) is 4.85. The molecule has 36 heavy (non-hydrogen) atoms. The van der Waals surface area contributed by atoms with Crippen LogP contribution in [0.5, 0.6) is 0 Å². The van der Waals surface area contributed by atoms with E-state index < -0.39 is 0 Å². The van der Waals surface area contributed by atoms with Gasteiger partial charge in [-0.05, 0) is 37.5 Å². The molecule has 0 radical (unpaired) electrons. The van der Waals surface area contributed by atoms with Crippen molar-refractivity contribution in [3.05, 3.63) is 53.7 Å². The number of aromatic nitrogens is 5. The molecule has 0 bridgehead atoms. The molecular formula is C26H30N8O2. The third-order valence-electron chi connectivity index (χ3n) is 6.33. The van der Waals surface area contributed by atoms with Crippen LogP contribution in [0.15, 0.2) is 36.8 Å². The molecule has 4 aromatic rings. The van der Waals surface area contributed by atoms with Gasteiger partial charge in [0.15, 0.2) is 0 Å². The highest BCUT2D eigenvalue weighted by Gasteiger charge is 2.34. The van der Waals surface area contributed by atoms with Crippen molar-refractivity contribution in [2.75, 3.05) is 30.3 Å². The summed E-state index contributed by atoms with van der Waals surface area (Å²) in [4.78, 5) is 39.6. The highest BCUT2D eigenvalue weighted by molar-refractivity contribution is 6.06. The van der Waals surface area contributed by atoms with Crippen LogP contribution in [0, 0.1) is 19.3 Å². The summed E-state index contributed by atoms with van der Waals surface area (Å²) in [5.41, 5.74) is 5.89. The van der Waals surface area contributed by atoms with Gasteiger partial charge in [-0.15, -0.1) is 0 Å². The molecule has 0 aromatic carbocycles. The van der Waals surface area contributed by atoms with Crippen LogP contribution in [-0.2, 0) is 11.8 Å². The zero-order chi connectivity index (χ0) is 25.6. The molecule has 4 aromatic heterocycles. The van der Waals surface area contributed by atoms with Crippen molar-refractivity contribution in [1.29, 1.82) is 0 Å². The lowest BCUT2D eigenvalue weighted by atomic mass is 9.84. The molecule has 0 atom stereocenters. The fourth-order valence-electron chi connectivity index (χ4n) is 4.75. The van der Waals surface area contributed by atoms with E-state index in [2.05, 4.69) is 49.4 Å². The highest BCUT2D eigenvalue weighted by Crippen LogP contribution is 2.28. The summed E-state index contributed by atoms with van der Waals surface area (Å²) < 4.78 is 1.76. The Balaban J connectivity index is 1.29. The van der Waals surface area contributed by atoms with Crippen molar-refractivity contribution < 1.29 is 9.59 Å². The van der Waals surface area contributed by atoms with Crippen LogP contribution < -0.4 is 10.6 Å². The lowest BCUT2D eigenvalue weighted by molar-refractivity contribution is -0.120. The van der Waals surface area contributed by atoms with E-state index in [0.717, 1.165) is 35.4 Å². The number of amides is 2. The summed E-state index contributed by atoms with van der Waals surface area (Å²) in [6.45, 7) is 10.3. The maximum Gasteiger partial charge on any atom is 0.257 e. The number of fused-ring (bicyclic) bond motifs is 1. The Bertz CT molecular complexity index is 1470. The second-order valence-electron chi connectivity index (χ2n) is 10.3. The number of anilines is 2. The van der Waals surface area contributed by atoms with Crippen LogP contribution in [0.2, 0.25) is 0 Å². The van der Waals surface area contributed by atoms with Gasteiger partial charge in [0.1, 0.15) is 5.65 Å². The Hall–Kier alpha value is -4.05. The summed E-state index contributed by atoms with van der Waals surface area (Å²) in [7, 11) is 1.88. The Kier molecular flexibility index (Phi) is 5.83. The Labute approximate surface area is 209 Å². The first-order chi connectivity index (χ1) is 17.1. The van der Waals surface area contributed by atoms with Crippen LogP contribution in [0.3, 0.4) is 0 Å². The van der Waals surface area contributed by atoms with Crippen LogP contribution in [-0.4, -0.2) is 61.1 Å². The number of nitrogens with one attached hydrogen (secondary N) is 3. The molecule has 0 unspecified atom stereocenters. The zero-order valence-electron chi connectivity index (χ0n) is 21.1. The smallest absolute Gasteiger partial charge is 0.257 e. The van der Waals surface area contributed by atoms with Crippen LogP contribution >= 0.6 is 0 Å². The van der Waals surface area contributed by atoms with Gasteiger partial charge in [-0.1, -0.05) is 13.8 Å². The molecule has 10 nitrogen and oxygen atoms in total. The summed E-state index contributed by atoms with van der Waals surface area (Å²) in [6.07, 6.45) is 5.08. The van der Waals surface area contributed by atoms with E-state index in [0.29, 0.717) is 34.8 Å². The minimum Gasteiger partial charge on any atom is -0.339 e. The van der Waals surface area contributed by atoms with E-state index in [1.165, 1.54) is 6.20 Å². The van der Waals surface area contributed by atoms with E-state index >= 15 is 0 Å². The van der Waals surface area contributed by atoms with Crippen molar-refractivity contribution in [1.82, 2.24) is 29.6 Å². The van der Waals surface area contributed by atoms with Crippen molar-refractivity contribution in [3.8, 4) is 11.3 Å². The number of aryl methyl sites for hydroxylation is 3. The quantitative estimate of drug-likeness (QED) is 0.384. The van der Waals surface area contributed by atoms with Gasteiger partial charge in [0.25, 0.3) is 5.91 Å². The number of carbonyl (C=O) groups excluding carboxylic acids is 2. The lowest BCUT2D eigenvalue weighted by Gasteiger charge is -2.45. The topological polar surface area (TPSA) is 121 Å². The first-order valence-electron chi connectivity index (χ1n) is 11.9. The molecule has 1 aliphatic heterocycles. The molecule has 0 spiro atoms. The second-order valence-corrected chi connectivity index (χ2v) is 10.3. The highest BCUT2D eigenvalue weighted by atomic mass is 16.2. The monoisotopic (exact) mass is 486 g/mol. The molecule has 5 heterocycles. The predicted octanol–water partition coefficient (Wildman–Crippen LogP) is 3.51. The van der Waals surface area contributed by atoms with Crippen molar-refractivity contribution in [2.45, 2.75) is 27.7 Å². The van der Waals surface area contributed by atoms with E-state index in [9.17, 15) is 9.59 Å². The number of nitrogens with zero attached hydrogens (tertiary/aromatic N) is 5. The number of rotatable bonds is 6. The number of carbonyl (C=O) groups is 2. The summed E-state index contributed by atoms with van der Waals surface area (Å²) in [5.74, 6) is -0.406. The number of pyridine rings is 2. The SMILES string of the molecule is Cc1ncc(NC(=O)CN2CC(C)(C)C2)cc1NC(=O)c1cnc2[nH]c(-c3cn(C)nc3C)cc2c1. The summed E-state index contributed by atoms with van der Waals surface area (Å²) >= 11 is 0. The number of hydrogen-bond donors (Lipinski definition) is 3. The first-order valence-corrected chi connectivity index (χ1v) is 11.9. The minimum absolute atomic E-state index is 0.102. The number of H-pyrrole nitrogens is 1. The molecule has 0 saturated carbocycles. The molecule has 186 valence electrons. The largest absolute Gasteiger partial charge is 0.339 e. The van der Waals surface area contributed by atoms with Gasteiger partial charge in [-0.25, -0.2) is 4.98 Å². The van der Waals surface area contributed by atoms with E-state index in [1.54, 1.807) is 29.9 Å². The average molecular weight is 487 g/mol. The Morgan fingerprint density at radius 2 is 1.83 bits per heavy atom. The predicted molar refractivity (Wildman–Crippen MR) is 139 cm³/mol. The van der Waals surface area contributed by atoms with E-state index in [4.69, 9.17) is 0 Å². The molecule has 1 saturated heterocycles. The van der Waals surface area contributed by atoms with Gasteiger partial charge in [-0.3, -0.25) is 24.2 Å². The maximum atomic E-state index is 13.0. The van der Waals surface area contributed by atoms with Gasteiger partial charge < -0.3 is 15.6 Å². The second kappa shape index (κ2) is 8.87. The third-order valence-corrected chi connectivity index (χ3v) is 6.33. The number of hydrogen-bond acceptors (Lipinski definition) is 6. The number of aromatic amines is 1. The Morgan fingerprint density at radius 3 is 2.53 bits per heavy atom. The van der Waals surface area contributed by atoms with Crippen molar-refractivity contribution >= 4 is 34.2 Å². The molecule has 1 fully saturated rings. The number of likely N-dealkylation sites (tertiary alicyclic amines) is 1. The fourth-order valence-corrected chi connectivity index (χ4v) is 4.75. The van der Waals surface area contributed by atoms with Crippen LogP contribution in [0.1, 0.15) is 35.6 Å². The molecule has 5 rings (SSSR count). The van der Waals surface area contributed by atoms with Crippen LogP contribution in [0.4, 0.5) is 11.4 Å². The normalized spacial score (nSPS) is 15.0. The van der Waals surface area contributed by atoms with Crippen molar-refractivity contribution in [3.63, 3.8) is 0 Å². The van der Waals surface area contributed by atoms with E-state index in [-0.39, 0.29) is 17.2 Å². The minimum atomic E-state index is -0.305. The Morgan fingerprint density at radius 1 is 1.06 bits per heavy atom. The standard InChI is InChI=1S/C26H30N8O2/c1-15-20(11-33(5)32-15)22-7-17-6-18(9-28-24(17)30-22)25(36)31-21-8-19(10-27-16(21)2)29-23(35)12-34-13-26(3,4)14-34/h6-11H,12-14H2,1-5H3,(H,28,30)(H,29,35)(H,31,36). The van der Waals surface area contributed by atoms with Gasteiger partial charge in [0.2, 0.25) is 5.91 Å². The zero-order valence-corrected chi connectivity index (χ0v) is 21.1. The average Bonchev–Trinajstić information content (AvgIpc) is 3.36. The molecule has 10 heteroatoms. The van der Waals surface area contributed by atoms with Gasteiger partial charge in [0.05, 0.1) is 46.8 Å². The lowest BCUT2D eigenvalue weighted by Crippen LogP contribution is -2.54. The van der Waals surface area contributed by atoms with Gasteiger partial charge in [-0.2, -0.15) is 5.10 Å². The molecular weight excluding hydrogens is 456 g/mol. The molecule has 1 aliphatic rings. The molecule has 0 aliphatic carbocycles.